The van der Waals surface area contributed by atoms with Crippen molar-refractivity contribution in [3.8, 4) is 11.5 Å². The van der Waals surface area contributed by atoms with Crippen LogP contribution in [0.25, 0.3) is 10.9 Å². The number of anilines is 3. The summed E-state index contributed by atoms with van der Waals surface area (Å²) in [5.74, 6) is 1.35. The number of carbonyl (C=O) groups excluding carboxylic acids is 1. The smallest absolute Gasteiger partial charge is 0.323 e. The van der Waals surface area contributed by atoms with Gasteiger partial charge in [0.15, 0.2) is 5.82 Å². The molecule has 0 radical (unpaired) electrons. The molecule has 2 aromatic carbocycles. The molecule has 0 spiro atoms. The lowest BCUT2D eigenvalue weighted by molar-refractivity contribution is 0.262. The highest BCUT2D eigenvalue weighted by Crippen LogP contribution is 2.30. The number of amides is 2. The number of ether oxygens (including phenoxy) is 2. The zero-order valence-electron chi connectivity index (χ0n) is 16.9. The van der Waals surface area contributed by atoms with E-state index in [2.05, 4.69) is 20.5 Å². The number of fused-ring (bicyclic) bond motifs is 1. The van der Waals surface area contributed by atoms with Crippen molar-refractivity contribution in [1.82, 2.24) is 4.98 Å². The molecule has 1 saturated heterocycles. The summed E-state index contributed by atoms with van der Waals surface area (Å²) in [5, 5.41) is 5.97. The van der Waals surface area contributed by atoms with Gasteiger partial charge in [-0.15, -0.1) is 0 Å². The minimum Gasteiger partial charge on any atom is -0.497 e. The Morgan fingerprint density at radius 3 is 2.57 bits per heavy atom. The Morgan fingerprint density at radius 1 is 1.03 bits per heavy atom. The Kier molecular flexibility index (Phi) is 5.56. The average molecular weight is 410 g/mol. The SMILES string of the molecule is COc1ccc(OC)c(NC(=O)Nc2cc(F)c3nc(N4CCCC4)ccc3c2)c1. The van der Waals surface area contributed by atoms with Gasteiger partial charge in [-0.1, -0.05) is 0 Å². The molecule has 2 heterocycles. The second-order valence-corrected chi connectivity index (χ2v) is 7.04. The van der Waals surface area contributed by atoms with Crippen LogP contribution >= 0.6 is 0 Å². The van der Waals surface area contributed by atoms with Gasteiger partial charge in [0.05, 0.1) is 19.9 Å². The lowest BCUT2D eigenvalue weighted by atomic mass is 10.2. The third-order valence-corrected chi connectivity index (χ3v) is 5.07. The fourth-order valence-corrected chi connectivity index (χ4v) is 3.57. The van der Waals surface area contributed by atoms with Gasteiger partial charge in [0.25, 0.3) is 0 Å². The molecule has 0 saturated carbocycles. The van der Waals surface area contributed by atoms with Gasteiger partial charge in [-0.05, 0) is 49.2 Å². The molecular weight excluding hydrogens is 387 g/mol. The van der Waals surface area contributed by atoms with E-state index in [9.17, 15) is 9.18 Å². The van der Waals surface area contributed by atoms with Gasteiger partial charge in [-0.3, -0.25) is 0 Å². The number of rotatable bonds is 5. The lowest BCUT2D eigenvalue weighted by Gasteiger charge is -2.17. The maximum Gasteiger partial charge on any atom is 0.323 e. The number of hydrogen-bond acceptors (Lipinski definition) is 5. The summed E-state index contributed by atoms with van der Waals surface area (Å²) in [6.45, 7) is 1.88. The molecule has 1 aromatic heterocycles. The van der Waals surface area contributed by atoms with E-state index in [1.54, 1.807) is 24.3 Å². The Bertz CT molecular complexity index is 1080. The van der Waals surface area contributed by atoms with E-state index in [1.165, 1.54) is 20.3 Å². The summed E-state index contributed by atoms with van der Waals surface area (Å²) in [5.41, 5.74) is 1.06. The number of methoxy groups -OCH3 is 2. The van der Waals surface area contributed by atoms with E-state index in [-0.39, 0.29) is 0 Å². The van der Waals surface area contributed by atoms with E-state index < -0.39 is 11.8 Å². The van der Waals surface area contributed by atoms with Gasteiger partial charge in [-0.2, -0.15) is 0 Å². The molecule has 8 heteroatoms. The molecule has 1 aliphatic rings. The summed E-state index contributed by atoms with van der Waals surface area (Å²) in [4.78, 5) is 19.1. The van der Waals surface area contributed by atoms with Crippen molar-refractivity contribution in [2.24, 2.45) is 0 Å². The highest BCUT2D eigenvalue weighted by molar-refractivity contribution is 6.02. The number of carbonyl (C=O) groups is 1. The van der Waals surface area contributed by atoms with Crippen molar-refractivity contribution in [1.29, 1.82) is 0 Å². The fraction of sp³-hybridized carbons (Fsp3) is 0.273. The number of hydrogen-bond donors (Lipinski definition) is 2. The summed E-state index contributed by atoms with van der Waals surface area (Å²) in [7, 11) is 3.04. The van der Waals surface area contributed by atoms with Crippen molar-refractivity contribution >= 4 is 34.1 Å². The predicted molar refractivity (Wildman–Crippen MR) is 115 cm³/mol. The standard InChI is InChI=1S/C22H23FN4O3/c1-29-16-6-7-19(30-2)18(13-16)25-22(28)24-15-11-14-5-8-20(27-9-3-4-10-27)26-21(14)17(23)12-15/h5-8,11-13H,3-4,9-10H2,1-2H3,(H2,24,25,28). The lowest BCUT2D eigenvalue weighted by Crippen LogP contribution is -2.20. The first kappa shape index (κ1) is 19.8. The molecule has 2 N–H and O–H groups in total. The van der Waals surface area contributed by atoms with Gasteiger partial charge in [0.2, 0.25) is 0 Å². The number of benzene rings is 2. The highest BCUT2D eigenvalue weighted by atomic mass is 19.1. The summed E-state index contributed by atoms with van der Waals surface area (Å²) in [6.07, 6.45) is 2.25. The van der Waals surface area contributed by atoms with Crippen LogP contribution in [0.1, 0.15) is 12.8 Å². The summed E-state index contributed by atoms with van der Waals surface area (Å²) >= 11 is 0. The molecule has 3 aromatic rings. The minimum absolute atomic E-state index is 0.292. The number of aromatic nitrogens is 1. The molecular formula is C22H23FN4O3. The van der Waals surface area contributed by atoms with E-state index in [0.717, 1.165) is 31.7 Å². The fourth-order valence-electron chi connectivity index (χ4n) is 3.57. The molecule has 0 atom stereocenters. The van der Waals surface area contributed by atoms with Crippen LogP contribution in [0.15, 0.2) is 42.5 Å². The second kappa shape index (κ2) is 8.44. The van der Waals surface area contributed by atoms with Crippen LogP contribution in [0.5, 0.6) is 11.5 Å². The molecule has 1 fully saturated rings. The van der Waals surface area contributed by atoms with Gasteiger partial charge in [0.1, 0.15) is 22.8 Å². The summed E-state index contributed by atoms with van der Waals surface area (Å²) < 4.78 is 25.2. The predicted octanol–water partition coefficient (Wildman–Crippen LogP) is 4.64. The number of nitrogens with zero attached hydrogens (tertiary/aromatic N) is 2. The van der Waals surface area contributed by atoms with Gasteiger partial charge in [0, 0.05) is 30.2 Å². The third-order valence-electron chi connectivity index (χ3n) is 5.07. The van der Waals surface area contributed by atoms with Crippen LogP contribution in [-0.4, -0.2) is 38.3 Å². The quantitative estimate of drug-likeness (QED) is 0.641. The average Bonchev–Trinajstić information content (AvgIpc) is 3.28. The van der Waals surface area contributed by atoms with Crippen LogP contribution in [0.2, 0.25) is 0 Å². The van der Waals surface area contributed by atoms with E-state index >= 15 is 0 Å². The largest absolute Gasteiger partial charge is 0.497 e. The van der Waals surface area contributed by atoms with E-state index in [4.69, 9.17) is 9.47 Å². The van der Waals surface area contributed by atoms with Crippen molar-refractivity contribution in [3.05, 3.63) is 48.3 Å². The molecule has 156 valence electrons. The Hall–Kier alpha value is -3.55. The molecule has 0 aliphatic carbocycles. The van der Waals surface area contributed by atoms with Crippen LogP contribution in [0, 0.1) is 5.82 Å². The van der Waals surface area contributed by atoms with Crippen molar-refractivity contribution in [2.45, 2.75) is 12.8 Å². The third kappa shape index (κ3) is 4.07. The first-order chi connectivity index (χ1) is 14.6. The van der Waals surface area contributed by atoms with Crippen molar-refractivity contribution < 1.29 is 18.7 Å². The Labute approximate surface area is 173 Å². The monoisotopic (exact) mass is 410 g/mol. The molecule has 0 bridgehead atoms. The number of halogens is 1. The van der Waals surface area contributed by atoms with Crippen LogP contribution < -0.4 is 25.0 Å². The van der Waals surface area contributed by atoms with Gasteiger partial charge in [-0.25, -0.2) is 14.2 Å². The molecule has 4 rings (SSSR count). The molecule has 1 aliphatic heterocycles. The molecule has 2 amide bonds. The Morgan fingerprint density at radius 2 is 1.83 bits per heavy atom. The maximum atomic E-state index is 14.7. The molecule has 7 nitrogen and oxygen atoms in total. The van der Waals surface area contributed by atoms with Crippen molar-refractivity contribution in [3.63, 3.8) is 0 Å². The van der Waals surface area contributed by atoms with Gasteiger partial charge < -0.3 is 25.0 Å². The zero-order chi connectivity index (χ0) is 21.1. The Balaban J connectivity index is 1.53. The number of urea groups is 1. The second-order valence-electron chi connectivity index (χ2n) is 7.04. The van der Waals surface area contributed by atoms with Crippen LogP contribution in [-0.2, 0) is 0 Å². The van der Waals surface area contributed by atoms with Gasteiger partial charge >= 0.3 is 6.03 Å². The van der Waals surface area contributed by atoms with Crippen LogP contribution in [0.4, 0.5) is 26.4 Å². The maximum absolute atomic E-state index is 14.7. The zero-order valence-corrected chi connectivity index (χ0v) is 16.9. The molecule has 30 heavy (non-hydrogen) atoms. The number of pyridine rings is 1. The molecule has 0 unspecified atom stereocenters. The first-order valence-electron chi connectivity index (χ1n) is 9.72. The number of nitrogens with one attached hydrogen (secondary N) is 2. The first-order valence-corrected chi connectivity index (χ1v) is 9.72. The van der Waals surface area contributed by atoms with E-state index in [1.807, 2.05) is 12.1 Å². The normalized spacial score (nSPS) is 13.4. The minimum atomic E-state index is -0.526. The van der Waals surface area contributed by atoms with Crippen LogP contribution in [0.3, 0.4) is 0 Å². The highest BCUT2D eigenvalue weighted by Gasteiger charge is 2.16. The van der Waals surface area contributed by atoms with Crippen molar-refractivity contribution in [2.75, 3.05) is 42.8 Å². The van der Waals surface area contributed by atoms with E-state index in [0.29, 0.717) is 33.8 Å². The summed E-state index contributed by atoms with van der Waals surface area (Å²) in [6, 6.07) is 11.2. The topological polar surface area (TPSA) is 75.7 Å².